The van der Waals surface area contributed by atoms with Crippen LogP contribution in [0.15, 0.2) is 72.4 Å². The summed E-state index contributed by atoms with van der Waals surface area (Å²) in [6, 6.07) is 0. The number of carbonyl (C=O) groups excluding carboxylic acids is 2. The number of carbonyl (C=O) groups is 2. The number of allylic oxidation sites excluding steroid dienone is 6. The van der Waals surface area contributed by atoms with Crippen LogP contribution in [0.4, 0.5) is 0 Å². The van der Waals surface area contributed by atoms with Crippen molar-refractivity contribution in [1.29, 1.82) is 0 Å². The Hall–Kier alpha value is -2.62. The lowest BCUT2D eigenvalue weighted by Crippen LogP contribution is -2.32. The monoisotopic (exact) mass is 238 g/mol. The highest BCUT2D eigenvalue weighted by molar-refractivity contribution is 5.98. The van der Waals surface area contributed by atoms with Crippen molar-refractivity contribution in [3.05, 3.63) is 72.4 Å². The van der Waals surface area contributed by atoms with E-state index in [2.05, 4.69) is 0 Å². The van der Waals surface area contributed by atoms with Gasteiger partial charge in [-0.3, -0.25) is 19.4 Å². The number of nitrogens with zero attached hydrogens (tertiary/aromatic N) is 2. The van der Waals surface area contributed by atoms with E-state index in [4.69, 9.17) is 0 Å². The van der Waals surface area contributed by atoms with E-state index in [1.807, 2.05) is 0 Å². The molecule has 4 nitrogen and oxygen atoms in total. The molecular formula is C14H10N2O2. The van der Waals surface area contributed by atoms with Gasteiger partial charge in [0.05, 0.1) is 11.4 Å². The van der Waals surface area contributed by atoms with E-state index in [0.717, 1.165) is 0 Å². The van der Waals surface area contributed by atoms with Crippen LogP contribution >= 0.6 is 0 Å². The number of hydrogen-bond donors (Lipinski definition) is 0. The van der Waals surface area contributed by atoms with Gasteiger partial charge in [-0.2, -0.15) is 0 Å². The highest BCUT2D eigenvalue weighted by atomic mass is 16.2. The third-order valence-electron chi connectivity index (χ3n) is 2.80. The Morgan fingerprint density at radius 3 is 1.56 bits per heavy atom. The first-order valence-corrected chi connectivity index (χ1v) is 5.55. The highest BCUT2D eigenvalue weighted by Gasteiger charge is 2.23. The van der Waals surface area contributed by atoms with Gasteiger partial charge in [0.25, 0.3) is 11.8 Å². The minimum absolute atomic E-state index is 0.172. The molecule has 0 bridgehead atoms. The third-order valence-corrected chi connectivity index (χ3v) is 2.80. The van der Waals surface area contributed by atoms with Crippen molar-refractivity contribution < 1.29 is 9.59 Å². The van der Waals surface area contributed by atoms with Crippen LogP contribution in [-0.2, 0) is 9.59 Å². The van der Waals surface area contributed by atoms with Crippen molar-refractivity contribution in [1.82, 2.24) is 9.80 Å². The predicted octanol–water partition coefficient (Wildman–Crippen LogP) is 1.59. The fourth-order valence-electron chi connectivity index (χ4n) is 1.94. The molecule has 3 aliphatic rings. The maximum Gasteiger partial charge on any atom is 0.257 e. The van der Waals surface area contributed by atoms with Crippen LogP contribution in [0.3, 0.4) is 0 Å². The molecule has 0 atom stereocenters. The first-order valence-electron chi connectivity index (χ1n) is 5.55. The molecule has 0 fully saturated rings. The molecule has 18 heavy (non-hydrogen) atoms. The van der Waals surface area contributed by atoms with Gasteiger partial charge in [-0.25, -0.2) is 0 Å². The minimum atomic E-state index is -0.172. The van der Waals surface area contributed by atoms with E-state index in [1.165, 1.54) is 22.0 Å². The largest absolute Gasteiger partial charge is 0.284 e. The van der Waals surface area contributed by atoms with Gasteiger partial charge >= 0.3 is 0 Å². The lowest BCUT2D eigenvalue weighted by Gasteiger charge is -2.27. The summed E-state index contributed by atoms with van der Waals surface area (Å²) in [4.78, 5) is 27.1. The van der Waals surface area contributed by atoms with Crippen LogP contribution in [0.5, 0.6) is 0 Å². The Kier molecular flexibility index (Phi) is 2.34. The van der Waals surface area contributed by atoms with E-state index < -0.39 is 0 Å². The summed E-state index contributed by atoms with van der Waals surface area (Å²) in [6.07, 6.45) is 16.8. The van der Waals surface area contributed by atoms with Gasteiger partial charge in [0, 0.05) is 24.6 Å². The van der Waals surface area contributed by atoms with E-state index in [0.29, 0.717) is 11.4 Å². The van der Waals surface area contributed by atoms with Crippen LogP contribution < -0.4 is 0 Å². The number of amides is 2. The fourth-order valence-corrected chi connectivity index (χ4v) is 1.94. The van der Waals surface area contributed by atoms with Gasteiger partial charge in [0.15, 0.2) is 0 Å². The van der Waals surface area contributed by atoms with Gasteiger partial charge in [-0.15, -0.1) is 0 Å². The van der Waals surface area contributed by atoms with Crippen molar-refractivity contribution in [3.63, 3.8) is 0 Å². The van der Waals surface area contributed by atoms with Gasteiger partial charge in [0.2, 0.25) is 0 Å². The summed E-state index contributed by atoms with van der Waals surface area (Å²) >= 11 is 0. The second-order valence-corrected chi connectivity index (χ2v) is 3.96. The highest BCUT2D eigenvalue weighted by Crippen LogP contribution is 2.21. The first kappa shape index (κ1) is 10.5. The lowest BCUT2D eigenvalue weighted by atomic mass is 10.1. The van der Waals surface area contributed by atoms with Gasteiger partial charge < -0.3 is 0 Å². The quantitative estimate of drug-likeness (QED) is 0.643. The maximum atomic E-state index is 12.1. The van der Waals surface area contributed by atoms with Crippen LogP contribution in [0.1, 0.15) is 0 Å². The number of hydrogen-bond acceptors (Lipinski definition) is 2. The molecule has 3 aliphatic heterocycles. The standard InChI is InChI=1S/C14H10N2O2/c17-13-9-11-5-1-3-7-15(11)14(18)10-12-6-2-4-8-16(12)13/h1-10H/b11-9-,12-10-. The molecular weight excluding hydrogens is 228 g/mol. The fraction of sp³-hybridized carbons (Fsp3) is 0. The van der Waals surface area contributed by atoms with Crippen LogP contribution in [0.2, 0.25) is 0 Å². The van der Waals surface area contributed by atoms with Crippen molar-refractivity contribution >= 4 is 11.8 Å². The molecule has 0 unspecified atom stereocenters. The summed E-state index contributed by atoms with van der Waals surface area (Å²) in [5, 5.41) is 0. The second kappa shape index (κ2) is 4.00. The molecule has 0 spiro atoms. The molecule has 0 aromatic carbocycles. The normalized spacial score (nSPS) is 26.9. The second-order valence-electron chi connectivity index (χ2n) is 3.96. The van der Waals surface area contributed by atoms with Gasteiger partial charge in [-0.1, -0.05) is 12.2 Å². The molecule has 0 radical (unpaired) electrons. The Balaban J connectivity index is 2.10. The lowest BCUT2D eigenvalue weighted by molar-refractivity contribution is -0.123. The zero-order valence-corrected chi connectivity index (χ0v) is 9.48. The molecule has 0 N–H and O–H groups in total. The number of rotatable bonds is 0. The SMILES string of the molecule is O=C1/C=C2/C=CC=CN2C(=O)/C=C2/C=CC=CN12. The Bertz CT molecular complexity index is 549. The predicted molar refractivity (Wildman–Crippen MR) is 66.4 cm³/mol. The van der Waals surface area contributed by atoms with Crippen LogP contribution in [0.25, 0.3) is 0 Å². The molecule has 0 aromatic rings. The molecule has 0 saturated heterocycles. The Labute approximate surface area is 104 Å². The summed E-state index contributed by atoms with van der Waals surface area (Å²) in [5.74, 6) is -0.344. The van der Waals surface area contributed by atoms with Crippen LogP contribution in [-0.4, -0.2) is 21.6 Å². The Morgan fingerprint density at radius 1 is 0.667 bits per heavy atom. The molecule has 3 rings (SSSR count). The third kappa shape index (κ3) is 1.64. The molecule has 2 amide bonds. The van der Waals surface area contributed by atoms with E-state index in [9.17, 15) is 9.59 Å². The van der Waals surface area contributed by atoms with E-state index in [1.54, 1.807) is 48.9 Å². The van der Waals surface area contributed by atoms with Crippen LogP contribution in [0, 0.1) is 0 Å². The van der Waals surface area contributed by atoms with Crippen molar-refractivity contribution in [2.45, 2.75) is 0 Å². The summed E-state index contributed by atoms with van der Waals surface area (Å²) in [6.45, 7) is 0. The topological polar surface area (TPSA) is 40.6 Å². The molecule has 4 heteroatoms. The van der Waals surface area contributed by atoms with Crippen molar-refractivity contribution in [2.75, 3.05) is 0 Å². The summed E-state index contributed by atoms with van der Waals surface area (Å²) in [7, 11) is 0. The summed E-state index contributed by atoms with van der Waals surface area (Å²) in [5.41, 5.74) is 1.15. The van der Waals surface area contributed by atoms with Crippen molar-refractivity contribution in [2.24, 2.45) is 0 Å². The smallest absolute Gasteiger partial charge is 0.257 e. The molecule has 0 aliphatic carbocycles. The average Bonchev–Trinajstić information content (AvgIpc) is 2.38. The summed E-state index contributed by atoms with van der Waals surface area (Å²) < 4.78 is 0. The maximum absolute atomic E-state index is 12.1. The zero-order chi connectivity index (χ0) is 12.5. The molecule has 0 saturated carbocycles. The average molecular weight is 238 g/mol. The molecule has 3 heterocycles. The van der Waals surface area contributed by atoms with Crippen molar-refractivity contribution in [3.8, 4) is 0 Å². The minimum Gasteiger partial charge on any atom is -0.284 e. The zero-order valence-electron chi connectivity index (χ0n) is 9.48. The molecule has 0 aromatic heterocycles. The van der Waals surface area contributed by atoms with E-state index >= 15 is 0 Å². The van der Waals surface area contributed by atoms with E-state index in [-0.39, 0.29) is 11.8 Å². The molecule has 88 valence electrons. The number of fused-ring (bicyclic) bond motifs is 2. The Morgan fingerprint density at radius 2 is 1.11 bits per heavy atom. The first-order chi connectivity index (χ1) is 8.75. The van der Waals surface area contributed by atoms with Gasteiger partial charge in [-0.05, 0) is 24.3 Å². The van der Waals surface area contributed by atoms with Gasteiger partial charge in [0.1, 0.15) is 0 Å².